The Bertz CT molecular complexity index is 1290. The summed E-state index contributed by atoms with van der Waals surface area (Å²) in [4.78, 5) is 0. The first-order valence-electron chi connectivity index (χ1n) is 14.2. The summed E-state index contributed by atoms with van der Waals surface area (Å²) in [6.45, 7) is 0. The number of hydrogen-bond donors (Lipinski definition) is 2. The number of halogens is 6. The molecule has 228 valence electrons. The molecule has 0 radical (unpaired) electrons. The molecule has 0 bridgehead atoms. The van der Waals surface area contributed by atoms with Crippen molar-refractivity contribution in [1.82, 2.24) is 0 Å². The van der Waals surface area contributed by atoms with Gasteiger partial charge in [0.2, 0.25) is 0 Å². The van der Waals surface area contributed by atoms with Crippen molar-refractivity contribution in [2.75, 3.05) is 0 Å². The van der Waals surface area contributed by atoms with Crippen LogP contribution in [-0.4, -0.2) is 10.2 Å². The number of phenols is 2. The third-order valence-corrected chi connectivity index (χ3v) is 7.67. The van der Waals surface area contributed by atoms with E-state index in [1.807, 2.05) is 0 Å². The molecule has 9 heteroatoms. The molecule has 2 aliphatic rings. The zero-order valence-corrected chi connectivity index (χ0v) is 26.1. The van der Waals surface area contributed by atoms with E-state index in [1.54, 1.807) is 33.4 Å². The van der Waals surface area contributed by atoms with E-state index in [0.717, 1.165) is 24.3 Å². The molecule has 2 nitrogen and oxygen atoms in total. The van der Waals surface area contributed by atoms with E-state index >= 15 is 0 Å². The molecule has 0 aliphatic heterocycles. The number of aryl methyl sites for hydroxylation is 6. The Morgan fingerprint density at radius 1 is 0.558 bits per heavy atom. The van der Waals surface area contributed by atoms with E-state index in [2.05, 4.69) is 24.3 Å². The van der Waals surface area contributed by atoms with Gasteiger partial charge in [0.15, 0.2) is 0 Å². The molecular weight excluding hydrogens is 646 g/mol. The van der Waals surface area contributed by atoms with Gasteiger partial charge in [-0.2, -0.15) is 71.9 Å². The van der Waals surface area contributed by atoms with Crippen LogP contribution in [0.3, 0.4) is 0 Å². The Kier molecular flexibility index (Phi) is 12.3. The second kappa shape index (κ2) is 15.3. The molecule has 2 N–H and O–H groups in total. The van der Waals surface area contributed by atoms with Gasteiger partial charge in [0, 0.05) is 0 Å². The summed E-state index contributed by atoms with van der Waals surface area (Å²) < 4.78 is 71.3. The number of para-hydroxylation sites is 2. The van der Waals surface area contributed by atoms with E-state index in [4.69, 9.17) is 10.2 Å². The third-order valence-electron chi connectivity index (χ3n) is 7.67. The zero-order valence-electron chi connectivity index (χ0n) is 23.7. The summed E-state index contributed by atoms with van der Waals surface area (Å²) >= 11 is 0. The first kappa shape index (κ1) is 34.7. The molecule has 0 heterocycles. The molecule has 0 saturated heterocycles. The molecular formula is C34H34F6O2Zr. The predicted octanol–water partition coefficient (Wildman–Crippen LogP) is 9.49. The van der Waals surface area contributed by atoms with Crippen LogP contribution >= 0.6 is 0 Å². The second-order valence-electron chi connectivity index (χ2n) is 10.8. The van der Waals surface area contributed by atoms with Gasteiger partial charge in [-0.15, -0.1) is 0 Å². The summed E-state index contributed by atoms with van der Waals surface area (Å²) in [7, 11) is 0. The van der Waals surface area contributed by atoms with Gasteiger partial charge < -0.3 is 10.2 Å². The molecule has 0 spiro atoms. The molecule has 43 heavy (non-hydrogen) atoms. The van der Waals surface area contributed by atoms with Gasteiger partial charge >= 0.3 is 38.6 Å². The Hall–Kier alpha value is -2.80. The van der Waals surface area contributed by atoms with E-state index in [0.29, 0.717) is 0 Å². The number of hydrogen-bond acceptors (Lipinski definition) is 2. The maximum atomic E-state index is 11.9. The van der Waals surface area contributed by atoms with Crippen molar-refractivity contribution in [3.63, 3.8) is 0 Å². The number of fused-ring (bicyclic) bond motifs is 2. The van der Waals surface area contributed by atoms with Crippen LogP contribution in [0.2, 0.25) is 0 Å². The molecule has 0 aromatic heterocycles. The molecule has 4 aromatic carbocycles. The minimum absolute atomic E-state index is 0. The van der Waals surface area contributed by atoms with Crippen molar-refractivity contribution >= 4 is 0 Å². The first-order valence-corrected chi connectivity index (χ1v) is 14.2. The molecule has 0 fully saturated rings. The molecule has 0 amide bonds. The second-order valence-corrected chi connectivity index (χ2v) is 10.8. The Morgan fingerprint density at radius 3 is 1.21 bits per heavy atom. The summed E-state index contributed by atoms with van der Waals surface area (Å²) in [6, 6.07) is 18.7. The van der Waals surface area contributed by atoms with E-state index < -0.39 is 35.0 Å². The van der Waals surface area contributed by atoms with Gasteiger partial charge in [-0.25, -0.2) is 12.1 Å². The van der Waals surface area contributed by atoms with Crippen LogP contribution in [0.5, 0.6) is 11.5 Å². The number of benzene rings is 2. The van der Waals surface area contributed by atoms with Gasteiger partial charge in [-0.3, -0.25) is 0 Å². The van der Waals surface area contributed by atoms with E-state index in [9.17, 15) is 26.3 Å². The zero-order chi connectivity index (χ0) is 30.3. The Balaban J connectivity index is 0.000000190. The van der Waals surface area contributed by atoms with Crippen LogP contribution in [0.15, 0.2) is 72.8 Å². The normalized spacial score (nSPS) is 14.2. The van der Waals surface area contributed by atoms with Gasteiger partial charge in [0.25, 0.3) is 0 Å². The maximum Gasteiger partial charge on any atom is 2.00 e. The quantitative estimate of drug-likeness (QED) is 0.167. The first-order chi connectivity index (χ1) is 19.9. The number of phenolic OH excluding ortho intramolecular Hbond substituents is 2. The fourth-order valence-electron chi connectivity index (χ4n) is 5.55. The standard InChI is InChI=1S/C20H24.2C7H5F3O.Zr/c1-2-6-18-12-15(11-17(18)5-1)9-10-16-13-19-7-3-4-8-20(19)14-16;2*8-7(9,10)5-3-1-2-4-6(5)11;/h11-14H,1-10H2;2*1-4,11H;/q-2;;;+2. The average molecular weight is 680 g/mol. The summed E-state index contributed by atoms with van der Waals surface area (Å²) in [5.74, 6) is -1.47. The topological polar surface area (TPSA) is 40.5 Å². The third kappa shape index (κ3) is 9.85. The van der Waals surface area contributed by atoms with Crippen molar-refractivity contribution in [1.29, 1.82) is 0 Å². The molecule has 2 aliphatic carbocycles. The minimum Gasteiger partial charge on any atom is -0.507 e. The van der Waals surface area contributed by atoms with Crippen molar-refractivity contribution in [2.45, 2.75) is 76.6 Å². The van der Waals surface area contributed by atoms with Gasteiger partial charge in [0.1, 0.15) is 11.5 Å². The van der Waals surface area contributed by atoms with Crippen LogP contribution in [0.25, 0.3) is 0 Å². The molecule has 0 saturated carbocycles. The molecule has 4 aromatic rings. The van der Waals surface area contributed by atoms with Crippen molar-refractivity contribution < 1.29 is 62.8 Å². The monoisotopic (exact) mass is 678 g/mol. The summed E-state index contributed by atoms with van der Waals surface area (Å²) in [5, 5.41) is 17.5. The van der Waals surface area contributed by atoms with Crippen LogP contribution in [0.4, 0.5) is 26.3 Å². The maximum absolute atomic E-state index is 11.9. The van der Waals surface area contributed by atoms with Crippen LogP contribution in [0, 0.1) is 0 Å². The van der Waals surface area contributed by atoms with Crippen LogP contribution < -0.4 is 0 Å². The van der Waals surface area contributed by atoms with E-state index in [1.165, 1.54) is 88.5 Å². The smallest absolute Gasteiger partial charge is 0.507 e. The predicted molar refractivity (Wildman–Crippen MR) is 151 cm³/mol. The minimum atomic E-state index is -4.47. The average Bonchev–Trinajstić information content (AvgIpc) is 3.55. The number of rotatable bonds is 3. The fraction of sp³-hybridized carbons (Fsp3) is 0.353. The van der Waals surface area contributed by atoms with Crippen molar-refractivity contribution in [2.24, 2.45) is 0 Å². The van der Waals surface area contributed by atoms with Crippen LogP contribution in [0.1, 0.15) is 70.2 Å². The van der Waals surface area contributed by atoms with Gasteiger partial charge in [0.05, 0.1) is 11.1 Å². The Labute approximate surface area is 267 Å². The van der Waals surface area contributed by atoms with Crippen molar-refractivity contribution in [3.05, 3.63) is 117 Å². The Morgan fingerprint density at radius 2 is 0.907 bits per heavy atom. The number of aromatic hydroxyl groups is 2. The SMILES string of the molecule is Oc1ccccc1C(F)(F)F.Oc1ccccc1C(F)(F)F.[Zr+2].c1c(CCc2cc3c([cH-]2)CCCC3)[cH-]c2c1CCCC2. The van der Waals surface area contributed by atoms with Crippen molar-refractivity contribution in [3.8, 4) is 11.5 Å². The van der Waals surface area contributed by atoms with E-state index in [-0.39, 0.29) is 26.2 Å². The number of alkyl halides is 6. The van der Waals surface area contributed by atoms with Gasteiger partial charge in [-0.1, -0.05) is 75.6 Å². The summed E-state index contributed by atoms with van der Waals surface area (Å²) in [6.07, 6.45) is 4.39. The summed E-state index contributed by atoms with van der Waals surface area (Å²) in [5.41, 5.74) is 7.74. The van der Waals surface area contributed by atoms with Crippen LogP contribution in [-0.2, 0) is 77.1 Å². The fourth-order valence-corrected chi connectivity index (χ4v) is 5.55. The molecule has 0 atom stereocenters. The van der Waals surface area contributed by atoms with Gasteiger partial charge in [-0.05, 0) is 37.1 Å². The molecule has 6 rings (SSSR count). The molecule has 0 unspecified atom stereocenters. The largest absolute Gasteiger partial charge is 2.00 e.